The average Bonchev–Trinajstić information content (AvgIpc) is 2.92. The van der Waals surface area contributed by atoms with E-state index < -0.39 is 11.7 Å². The highest BCUT2D eigenvalue weighted by molar-refractivity contribution is 6.32. The van der Waals surface area contributed by atoms with Crippen molar-refractivity contribution in [1.29, 1.82) is 0 Å². The van der Waals surface area contributed by atoms with E-state index in [9.17, 15) is 13.2 Å². The van der Waals surface area contributed by atoms with Gasteiger partial charge in [-0.3, -0.25) is 4.90 Å². The van der Waals surface area contributed by atoms with E-state index in [1.807, 2.05) is 0 Å². The summed E-state index contributed by atoms with van der Waals surface area (Å²) < 4.78 is 44.9. The zero-order valence-corrected chi connectivity index (χ0v) is 15.9. The van der Waals surface area contributed by atoms with Gasteiger partial charge in [-0.05, 0) is 57.8 Å². The number of benzene rings is 1. The van der Waals surface area contributed by atoms with Crippen LogP contribution in [0.3, 0.4) is 0 Å². The third-order valence-corrected chi connectivity index (χ3v) is 6.07. The second-order valence-electron chi connectivity index (χ2n) is 7.43. The highest BCUT2D eigenvalue weighted by Crippen LogP contribution is 2.44. The number of halogens is 5. The molecule has 0 unspecified atom stereocenters. The molecule has 3 saturated heterocycles. The molecule has 5 rings (SSSR count). The number of alkyl halides is 3. The molecule has 0 aliphatic carbocycles. The van der Waals surface area contributed by atoms with Gasteiger partial charge in [0.05, 0.1) is 10.4 Å². The molecule has 4 nitrogen and oxygen atoms in total. The van der Waals surface area contributed by atoms with E-state index >= 15 is 0 Å². The fourth-order valence-corrected chi connectivity index (χ4v) is 4.63. The molecule has 2 aromatic rings. The second kappa shape index (κ2) is 6.46. The van der Waals surface area contributed by atoms with Crippen molar-refractivity contribution in [3.8, 4) is 0 Å². The first-order valence-electron chi connectivity index (χ1n) is 8.36. The van der Waals surface area contributed by atoms with E-state index in [-0.39, 0.29) is 34.6 Å². The zero-order chi connectivity index (χ0) is 18.0. The van der Waals surface area contributed by atoms with Gasteiger partial charge in [-0.25, -0.2) is 0 Å². The molecule has 2 bridgehead atoms. The summed E-state index contributed by atoms with van der Waals surface area (Å²) in [5.74, 6) is 0.824. The van der Waals surface area contributed by atoms with Crippen LogP contribution in [0.1, 0.15) is 32.3 Å². The molecular weight excluding hydrogens is 390 g/mol. The van der Waals surface area contributed by atoms with Crippen LogP contribution in [0.2, 0.25) is 5.02 Å². The molecule has 144 valence electrons. The van der Waals surface area contributed by atoms with Gasteiger partial charge in [-0.2, -0.15) is 13.2 Å². The summed E-state index contributed by atoms with van der Waals surface area (Å²) in [6.45, 7) is 6.44. The van der Waals surface area contributed by atoms with E-state index in [0.717, 1.165) is 25.9 Å². The Balaban J connectivity index is 0.00000196. The quantitative estimate of drug-likeness (QED) is 0.739. The van der Waals surface area contributed by atoms with Crippen LogP contribution in [-0.2, 0) is 6.18 Å². The van der Waals surface area contributed by atoms with Gasteiger partial charge in [-0.15, -0.1) is 12.4 Å². The van der Waals surface area contributed by atoms with Crippen LogP contribution in [0, 0.1) is 5.92 Å². The molecule has 1 atom stereocenters. The largest absolute Gasteiger partial charge is 0.421 e. The van der Waals surface area contributed by atoms with Crippen molar-refractivity contribution in [3.05, 3.63) is 22.7 Å². The monoisotopic (exact) mass is 409 g/mol. The summed E-state index contributed by atoms with van der Waals surface area (Å²) >= 11 is 5.75. The van der Waals surface area contributed by atoms with Crippen molar-refractivity contribution in [2.75, 3.05) is 18.4 Å². The Morgan fingerprint density at radius 3 is 2.50 bits per heavy atom. The van der Waals surface area contributed by atoms with E-state index in [2.05, 4.69) is 29.2 Å². The fraction of sp³-hybridized carbons (Fsp3) is 0.588. The van der Waals surface area contributed by atoms with Gasteiger partial charge in [-0.1, -0.05) is 16.8 Å². The average molecular weight is 410 g/mol. The lowest BCUT2D eigenvalue weighted by Crippen LogP contribution is -2.66. The molecule has 0 spiro atoms. The van der Waals surface area contributed by atoms with Crippen LogP contribution in [0.25, 0.3) is 11.0 Å². The number of fused-ring (bicyclic) bond motifs is 4. The summed E-state index contributed by atoms with van der Waals surface area (Å²) in [5, 5.41) is 7.18. The Labute approximate surface area is 160 Å². The minimum atomic E-state index is -4.59. The molecule has 1 aromatic carbocycles. The number of aromatic nitrogens is 1. The molecule has 0 radical (unpaired) electrons. The predicted octanol–water partition coefficient (Wildman–Crippen LogP) is 5.21. The maximum absolute atomic E-state index is 13.3. The van der Waals surface area contributed by atoms with Crippen molar-refractivity contribution in [1.82, 2.24) is 10.1 Å². The predicted molar refractivity (Wildman–Crippen MR) is 97.1 cm³/mol. The van der Waals surface area contributed by atoms with Crippen molar-refractivity contribution >= 4 is 40.8 Å². The van der Waals surface area contributed by atoms with Crippen molar-refractivity contribution < 1.29 is 17.7 Å². The molecule has 4 heterocycles. The van der Waals surface area contributed by atoms with E-state index in [0.29, 0.717) is 17.1 Å². The molecule has 26 heavy (non-hydrogen) atoms. The lowest BCUT2D eigenvalue weighted by Gasteiger charge is -2.56. The molecular formula is C17H20Cl2F3N3O. The SMILES string of the molecule is CC1(C)[C@H](Nc2noc3c(C(F)(F)F)c(Cl)ccc23)C2CCN1CC2.Cl. The van der Waals surface area contributed by atoms with Crippen LogP contribution >= 0.6 is 24.0 Å². The summed E-state index contributed by atoms with van der Waals surface area (Å²) in [6, 6.07) is 2.88. The number of hydrogen-bond donors (Lipinski definition) is 1. The molecule has 3 fully saturated rings. The Kier molecular flexibility index (Phi) is 4.86. The molecule has 1 N–H and O–H groups in total. The maximum atomic E-state index is 13.3. The van der Waals surface area contributed by atoms with Gasteiger partial charge < -0.3 is 9.84 Å². The summed E-state index contributed by atoms with van der Waals surface area (Å²) in [6.07, 6.45) is -2.44. The zero-order valence-electron chi connectivity index (χ0n) is 14.4. The number of anilines is 1. The Hall–Kier alpha value is -1.18. The first-order valence-corrected chi connectivity index (χ1v) is 8.74. The van der Waals surface area contributed by atoms with Gasteiger partial charge in [0.2, 0.25) is 0 Å². The molecule has 0 amide bonds. The van der Waals surface area contributed by atoms with Crippen LogP contribution in [0.4, 0.5) is 19.0 Å². The van der Waals surface area contributed by atoms with Gasteiger partial charge in [0.15, 0.2) is 11.4 Å². The summed E-state index contributed by atoms with van der Waals surface area (Å²) in [7, 11) is 0. The third kappa shape index (κ3) is 2.94. The van der Waals surface area contributed by atoms with Crippen molar-refractivity contribution in [2.24, 2.45) is 5.92 Å². The van der Waals surface area contributed by atoms with Gasteiger partial charge in [0.1, 0.15) is 5.56 Å². The highest BCUT2D eigenvalue weighted by Gasteiger charge is 2.48. The van der Waals surface area contributed by atoms with Crippen molar-refractivity contribution in [3.63, 3.8) is 0 Å². The first kappa shape index (κ1) is 19.6. The number of nitrogens with one attached hydrogen (secondary N) is 1. The number of rotatable bonds is 2. The number of nitrogens with zero attached hydrogens (tertiary/aromatic N) is 2. The Bertz CT molecular complexity index is 813. The van der Waals surface area contributed by atoms with E-state index in [1.54, 1.807) is 0 Å². The smallest absolute Gasteiger partial charge is 0.362 e. The maximum Gasteiger partial charge on any atom is 0.421 e. The first-order chi connectivity index (χ1) is 11.7. The van der Waals surface area contributed by atoms with Gasteiger partial charge >= 0.3 is 6.18 Å². The third-order valence-electron chi connectivity index (χ3n) is 5.75. The summed E-state index contributed by atoms with van der Waals surface area (Å²) in [5.41, 5.74) is -1.38. The van der Waals surface area contributed by atoms with Gasteiger partial charge in [0.25, 0.3) is 0 Å². The molecule has 1 aromatic heterocycles. The molecule has 3 aliphatic rings. The molecule has 9 heteroatoms. The standard InChI is InChI=1S/C17H19ClF3N3O.ClH/c1-16(2)14(9-5-7-24(16)8-6-9)22-15-10-3-4-11(18)12(17(19,20)21)13(10)25-23-15;/h3-4,9,14H,5-8H2,1-2H3,(H,22,23);1H/t14-;/m1./s1. The fourth-order valence-electron chi connectivity index (χ4n) is 4.37. The van der Waals surface area contributed by atoms with E-state index in [1.165, 1.54) is 12.1 Å². The molecule has 3 aliphatic heterocycles. The normalized spacial score (nSPS) is 27.4. The lowest BCUT2D eigenvalue weighted by atomic mass is 9.72. The topological polar surface area (TPSA) is 41.3 Å². The van der Waals surface area contributed by atoms with Gasteiger partial charge in [0, 0.05) is 11.6 Å². The van der Waals surface area contributed by atoms with Crippen LogP contribution in [-0.4, -0.2) is 34.7 Å². The Morgan fingerprint density at radius 2 is 1.92 bits per heavy atom. The number of hydrogen-bond acceptors (Lipinski definition) is 4. The van der Waals surface area contributed by atoms with Crippen LogP contribution in [0.5, 0.6) is 0 Å². The molecule has 0 saturated carbocycles. The van der Waals surface area contributed by atoms with Crippen LogP contribution < -0.4 is 5.32 Å². The van der Waals surface area contributed by atoms with Crippen molar-refractivity contribution in [2.45, 2.75) is 44.4 Å². The number of piperidine rings is 3. The minimum Gasteiger partial charge on any atom is -0.362 e. The Morgan fingerprint density at radius 1 is 1.27 bits per heavy atom. The van der Waals surface area contributed by atoms with Crippen LogP contribution in [0.15, 0.2) is 16.7 Å². The summed E-state index contributed by atoms with van der Waals surface area (Å²) in [4.78, 5) is 2.42. The lowest BCUT2D eigenvalue weighted by molar-refractivity contribution is -0.136. The second-order valence-corrected chi connectivity index (χ2v) is 7.84. The minimum absolute atomic E-state index is 0. The highest BCUT2D eigenvalue weighted by atomic mass is 35.5. The van der Waals surface area contributed by atoms with E-state index in [4.69, 9.17) is 16.1 Å².